The summed E-state index contributed by atoms with van der Waals surface area (Å²) < 4.78 is 5.49. The van der Waals surface area contributed by atoms with Gasteiger partial charge in [-0.3, -0.25) is 0 Å². The van der Waals surface area contributed by atoms with Gasteiger partial charge in [0.2, 0.25) is 0 Å². The van der Waals surface area contributed by atoms with Crippen molar-refractivity contribution in [3.63, 3.8) is 0 Å². The molecule has 0 unspecified atom stereocenters. The molecule has 0 amide bonds. The van der Waals surface area contributed by atoms with Gasteiger partial charge in [0.05, 0.1) is 36.4 Å². The van der Waals surface area contributed by atoms with Gasteiger partial charge in [-0.25, -0.2) is 0 Å². The van der Waals surface area contributed by atoms with Gasteiger partial charge in [-0.05, 0) is 5.56 Å². The van der Waals surface area contributed by atoms with Crippen LogP contribution in [0.15, 0.2) is 30.3 Å². The summed E-state index contributed by atoms with van der Waals surface area (Å²) in [6.07, 6.45) is -2.71. The highest BCUT2D eigenvalue weighted by Gasteiger charge is 2.47. The topological polar surface area (TPSA) is 69.9 Å². The number of hydrogen-bond donors (Lipinski definition) is 3. The van der Waals surface area contributed by atoms with Crippen LogP contribution >= 0.6 is 15.9 Å². The van der Waals surface area contributed by atoms with E-state index < -0.39 is 29.1 Å². The minimum Gasteiger partial charge on any atom is -0.391 e. The first-order chi connectivity index (χ1) is 8.61. The lowest BCUT2D eigenvalue weighted by Crippen LogP contribution is -2.31. The number of alkyl halides is 1. The molecule has 3 N–H and O–H groups in total. The molecule has 18 heavy (non-hydrogen) atoms. The van der Waals surface area contributed by atoms with Crippen molar-refractivity contribution in [1.29, 1.82) is 0 Å². The number of halogens is 1. The molecule has 0 radical (unpaired) electrons. The Bertz CT molecular complexity index is 359. The zero-order valence-corrected chi connectivity index (χ0v) is 11.4. The molecule has 1 aliphatic carbocycles. The van der Waals surface area contributed by atoms with Crippen molar-refractivity contribution in [1.82, 2.24) is 0 Å². The largest absolute Gasteiger partial charge is 0.391 e. The van der Waals surface area contributed by atoms with E-state index in [1.807, 2.05) is 30.3 Å². The van der Waals surface area contributed by atoms with E-state index in [4.69, 9.17) is 4.74 Å². The molecular formula is C13H17BrO4. The summed E-state index contributed by atoms with van der Waals surface area (Å²) in [6, 6.07) is 9.68. The molecule has 0 saturated heterocycles. The third-order valence-electron chi connectivity index (χ3n) is 3.30. The Kier molecular flexibility index (Phi) is 4.75. The second-order valence-electron chi connectivity index (χ2n) is 4.58. The Morgan fingerprint density at radius 2 is 1.67 bits per heavy atom. The van der Waals surface area contributed by atoms with Crippen molar-refractivity contribution < 1.29 is 20.1 Å². The van der Waals surface area contributed by atoms with Gasteiger partial charge in [-0.15, -0.1) is 0 Å². The Morgan fingerprint density at radius 3 is 2.22 bits per heavy atom. The average Bonchev–Trinajstić information content (AvgIpc) is 2.57. The molecule has 5 heteroatoms. The normalized spacial score (nSPS) is 35.9. The van der Waals surface area contributed by atoms with Crippen molar-refractivity contribution in [2.75, 3.05) is 6.61 Å². The molecule has 0 heterocycles. The number of aliphatic hydroxyl groups excluding tert-OH is 3. The fourth-order valence-corrected chi connectivity index (χ4v) is 2.87. The SMILES string of the molecule is O[C@@H]1[C@H](O)[C@@H](Br)[C@H](O)[C@H]1COCc1ccccc1. The lowest BCUT2D eigenvalue weighted by Gasteiger charge is -2.18. The highest BCUT2D eigenvalue weighted by atomic mass is 79.9. The molecule has 1 aliphatic rings. The molecule has 0 aromatic heterocycles. The Hall–Kier alpha value is -0.460. The minimum absolute atomic E-state index is 0.219. The summed E-state index contributed by atoms with van der Waals surface area (Å²) in [6.45, 7) is 0.649. The lowest BCUT2D eigenvalue weighted by molar-refractivity contribution is -0.0286. The summed E-state index contributed by atoms with van der Waals surface area (Å²) in [7, 11) is 0. The molecular weight excluding hydrogens is 300 g/mol. The van der Waals surface area contributed by atoms with Gasteiger partial charge < -0.3 is 20.1 Å². The van der Waals surface area contributed by atoms with E-state index in [1.54, 1.807) is 0 Å². The molecule has 5 atom stereocenters. The van der Waals surface area contributed by atoms with Crippen molar-refractivity contribution >= 4 is 15.9 Å². The number of aliphatic hydroxyl groups is 3. The molecule has 2 rings (SSSR count). The van der Waals surface area contributed by atoms with Crippen LogP contribution < -0.4 is 0 Å². The zero-order chi connectivity index (χ0) is 13.1. The first kappa shape index (κ1) is 14.0. The summed E-state index contributed by atoms with van der Waals surface area (Å²) in [5.74, 6) is -0.465. The van der Waals surface area contributed by atoms with Crippen LogP contribution in [0.3, 0.4) is 0 Å². The minimum atomic E-state index is -0.958. The van der Waals surface area contributed by atoms with Crippen molar-refractivity contribution in [2.45, 2.75) is 29.7 Å². The van der Waals surface area contributed by atoms with Gasteiger partial charge in [-0.1, -0.05) is 46.3 Å². The quantitative estimate of drug-likeness (QED) is 0.714. The summed E-state index contributed by atoms with van der Waals surface area (Å²) in [4.78, 5) is -0.502. The summed E-state index contributed by atoms with van der Waals surface area (Å²) in [5, 5.41) is 29.2. The molecule has 100 valence electrons. The highest BCUT2D eigenvalue weighted by Crippen LogP contribution is 2.32. The van der Waals surface area contributed by atoms with E-state index in [9.17, 15) is 15.3 Å². The molecule has 1 aromatic carbocycles. The molecule has 1 fully saturated rings. The van der Waals surface area contributed by atoms with E-state index in [1.165, 1.54) is 0 Å². The number of hydrogen-bond acceptors (Lipinski definition) is 4. The third-order valence-corrected chi connectivity index (χ3v) is 4.38. The van der Waals surface area contributed by atoms with Gasteiger partial charge in [0.15, 0.2) is 0 Å². The fraction of sp³-hybridized carbons (Fsp3) is 0.538. The van der Waals surface area contributed by atoms with Crippen LogP contribution in [-0.2, 0) is 11.3 Å². The molecule has 0 spiro atoms. The van der Waals surface area contributed by atoms with Gasteiger partial charge >= 0.3 is 0 Å². The van der Waals surface area contributed by atoms with E-state index in [2.05, 4.69) is 15.9 Å². The second-order valence-corrected chi connectivity index (χ2v) is 5.64. The predicted octanol–water partition coefficient (Wildman–Crippen LogP) is 0.679. The summed E-state index contributed by atoms with van der Waals surface area (Å²) in [5.41, 5.74) is 1.04. The van der Waals surface area contributed by atoms with E-state index >= 15 is 0 Å². The number of benzene rings is 1. The van der Waals surface area contributed by atoms with Crippen molar-refractivity contribution in [3.05, 3.63) is 35.9 Å². The maximum Gasteiger partial charge on any atom is 0.0953 e. The van der Waals surface area contributed by atoms with Gasteiger partial charge in [0.25, 0.3) is 0 Å². The number of ether oxygens (including phenoxy) is 1. The highest BCUT2D eigenvalue weighted by molar-refractivity contribution is 9.09. The van der Waals surface area contributed by atoms with E-state index in [0.717, 1.165) is 5.56 Å². The monoisotopic (exact) mass is 316 g/mol. The molecule has 0 aliphatic heterocycles. The Balaban J connectivity index is 1.84. The van der Waals surface area contributed by atoms with E-state index in [0.29, 0.717) is 6.61 Å². The molecule has 0 bridgehead atoms. The number of rotatable bonds is 4. The Morgan fingerprint density at radius 1 is 1.00 bits per heavy atom. The van der Waals surface area contributed by atoms with Gasteiger partial charge in [-0.2, -0.15) is 0 Å². The smallest absolute Gasteiger partial charge is 0.0953 e. The molecule has 1 saturated carbocycles. The second kappa shape index (κ2) is 6.12. The van der Waals surface area contributed by atoms with Gasteiger partial charge in [0.1, 0.15) is 0 Å². The Labute approximate surface area is 114 Å². The van der Waals surface area contributed by atoms with E-state index in [-0.39, 0.29) is 6.61 Å². The van der Waals surface area contributed by atoms with Crippen LogP contribution in [0.1, 0.15) is 5.56 Å². The molecule has 1 aromatic rings. The maximum atomic E-state index is 9.85. The van der Waals surface area contributed by atoms with Gasteiger partial charge in [0, 0.05) is 5.92 Å². The van der Waals surface area contributed by atoms with Crippen LogP contribution in [0.25, 0.3) is 0 Å². The maximum absolute atomic E-state index is 9.85. The van der Waals surface area contributed by atoms with Crippen LogP contribution in [0.4, 0.5) is 0 Å². The zero-order valence-electron chi connectivity index (χ0n) is 9.82. The lowest BCUT2D eigenvalue weighted by atomic mass is 10.1. The molecule has 4 nitrogen and oxygen atoms in total. The average molecular weight is 317 g/mol. The van der Waals surface area contributed by atoms with Crippen molar-refractivity contribution in [3.8, 4) is 0 Å². The predicted molar refractivity (Wildman–Crippen MR) is 70.3 cm³/mol. The van der Waals surface area contributed by atoms with Crippen LogP contribution in [0, 0.1) is 5.92 Å². The standard InChI is InChI=1S/C13H17BrO4/c14-10-11(15)9(12(16)13(10)17)7-18-6-8-4-2-1-3-5-8/h1-5,9-13,15-17H,6-7H2/t9-,10+,11-,12+,13-/m1/s1. The van der Waals surface area contributed by atoms with Crippen LogP contribution in [-0.4, -0.2) is 45.1 Å². The first-order valence-corrected chi connectivity index (χ1v) is 6.82. The first-order valence-electron chi connectivity index (χ1n) is 5.91. The fourth-order valence-electron chi connectivity index (χ4n) is 2.17. The van der Waals surface area contributed by atoms with Crippen molar-refractivity contribution in [2.24, 2.45) is 5.92 Å². The van der Waals surface area contributed by atoms with Crippen LogP contribution in [0.2, 0.25) is 0 Å². The van der Waals surface area contributed by atoms with Crippen LogP contribution in [0.5, 0.6) is 0 Å². The summed E-state index contributed by atoms with van der Waals surface area (Å²) >= 11 is 3.17. The third kappa shape index (κ3) is 2.92.